The number of amides is 1. The largest absolute Gasteiger partial charge is 0.348 e. The minimum atomic E-state index is -0.275. The van der Waals surface area contributed by atoms with Gasteiger partial charge in [0.05, 0.1) is 18.6 Å². The highest BCUT2D eigenvalue weighted by atomic mass is 19.1. The van der Waals surface area contributed by atoms with Crippen LogP contribution in [0.25, 0.3) is 11.1 Å². The van der Waals surface area contributed by atoms with Crippen molar-refractivity contribution < 1.29 is 9.18 Å². The van der Waals surface area contributed by atoms with Crippen LogP contribution in [0.1, 0.15) is 35.7 Å². The number of likely N-dealkylation sites (N-methyl/N-ethyl adjacent to an activating group) is 1. The molecule has 0 bridgehead atoms. The monoisotopic (exact) mass is 452 g/mol. The van der Waals surface area contributed by atoms with Gasteiger partial charge in [0.25, 0.3) is 0 Å². The number of nitrogens with zero attached hydrogens (tertiary/aromatic N) is 1. The molecule has 0 aromatic heterocycles. The van der Waals surface area contributed by atoms with Gasteiger partial charge in [-0.15, -0.1) is 0 Å². The molecule has 0 saturated carbocycles. The summed E-state index contributed by atoms with van der Waals surface area (Å²) in [6, 6.07) is 34.7. The number of hydrogen-bond donors (Lipinski definition) is 1. The van der Waals surface area contributed by atoms with Crippen LogP contribution in [0.2, 0.25) is 0 Å². The van der Waals surface area contributed by atoms with Crippen LogP contribution in [0.15, 0.2) is 109 Å². The number of nitrogens with one attached hydrogen (secondary N) is 1. The highest BCUT2D eigenvalue weighted by Crippen LogP contribution is 2.28. The summed E-state index contributed by atoms with van der Waals surface area (Å²) in [7, 11) is 1.92. The summed E-state index contributed by atoms with van der Waals surface area (Å²) in [5.74, 6) is -0.340. The van der Waals surface area contributed by atoms with Crippen LogP contribution in [0.5, 0.6) is 0 Å². The lowest BCUT2D eigenvalue weighted by molar-refractivity contribution is -0.122. The van der Waals surface area contributed by atoms with Crippen molar-refractivity contribution in [3.05, 3.63) is 132 Å². The van der Waals surface area contributed by atoms with Crippen molar-refractivity contribution >= 4 is 5.91 Å². The maximum absolute atomic E-state index is 13.5. The van der Waals surface area contributed by atoms with Crippen LogP contribution >= 0.6 is 0 Å². The molecule has 0 saturated heterocycles. The Balaban J connectivity index is 1.43. The van der Waals surface area contributed by atoms with E-state index in [0.29, 0.717) is 0 Å². The highest BCUT2D eigenvalue weighted by molar-refractivity contribution is 5.78. The van der Waals surface area contributed by atoms with E-state index >= 15 is 0 Å². The normalized spacial score (nSPS) is 12.8. The molecule has 4 aromatic carbocycles. The van der Waals surface area contributed by atoms with Gasteiger partial charge in [0.15, 0.2) is 0 Å². The van der Waals surface area contributed by atoms with Crippen molar-refractivity contribution in [1.29, 1.82) is 0 Å². The molecule has 0 fully saturated rings. The Morgan fingerprint density at radius 1 is 0.735 bits per heavy atom. The molecule has 0 spiro atoms. The number of halogens is 1. The van der Waals surface area contributed by atoms with Crippen molar-refractivity contribution in [1.82, 2.24) is 10.2 Å². The fourth-order valence-corrected chi connectivity index (χ4v) is 4.26. The Morgan fingerprint density at radius 3 is 1.85 bits per heavy atom. The quantitative estimate of drug-likeness (QED) is 0.336. The molecule has 0 radical (unpaired) electrons. The van der Waals surface area contributed by atoms with Gasteiger partial charge in [0, 0.05) is 0 Å². The standard InChI is InChI=1S/C30H29FN2O/c1-22(23-13-15-25(16-14-23)24-9-5-3-6-10-24)32-29(34)21-33(2)30(26-11-7-4-8-12-26)27-17-19-28(31)20-18-27/h3-20,22,30H,21H2,1-2H3,(H,32,34). The molecule has 2 unspecified atom stereocenters. The fraction of sp³-hybridized carbons (Fsp3) is 0.167. The number of rotatable bonds is 8. The molecule has 2 atom stereocenters. The molecule has 4 aromatic rings. The predicted molar refractivity (Wildman–Crippen MR) is 136 cm³/mol. The zero-order chi connectivity index (χ0) is 23.9. The second-order valence-electron chi connectivity index (χ2n) is 8.56. The Bertz CT molecular complexity index is 1190. The molecule has 0 heterocycles. The van der Waals surface area contributed by atoms with E-state index in [4.69, 9.17) is 0 Å². The van der Waals surface area contributed by atoms with E-state index in [1.54, 1.807) is 12.1 Å². The van der Waals surface area contributed by atoms with Crippen molar-refractivity contribution in [3.63, 3.8) is 0 Å². The van der Waals surface area contributed by atoms with Gasteiger partial charge in [-0.2, -0.15) is 0 Å². The van der Waals surface area contributed by atoms with Gasteiger partial charge in [-0.05, 0) is 53.9 Å². The Hall–Kier alpha value is -3.76. The fourth-order valence-electron chi connectivity index (χ4n) is 4.26. The molecule has 4 rings (SSSR count). The minimum Gasteiger partial charge on any atom is -0.348 e. The molecular weight excluding hydrogens is 423 g/mol. The maximum Gasteiger partial charge on any atom is 0.234 e. The molecule has 1 amide bonds. The summed E-state index contributed by atoms with van der Waals surface area (Å²) in [4.78, 5) is 14.9. The molecule has 0 aliphatic heterocycles. The van der Waals surface area contributed by atoms with Gasteiger partial charge in [-0.1, -0.05) is 97.1 Å². The lowest BCUT2D eigenvalue weighted by Gasteiger charge is -2.29. The average Bonchev–Trinajstić information content (AvgIpc) is 2.86. The Kier molecular flexibility index (Phi) is 7.51. The second kappa shape index (κ2) is 10.9. The van der Waals surface area contributed by atoms with E-state index in [-0.39, 0.29) is 30.4 Å². The Morgan fingerprint density at radius 2 is 1.24 bits per heavy atom. The number of benzene rings is 4. The van der Waals surface area contributed by atoms with Gasteiger partial charge in [-0.25, -0.2) is 4.39 Å². The Labute approximate surface area is 200 Å². The summed E-state index contributed by atoms with van der Waals surface area (Å²) in [6.07, 6.45) is 0. The number of carbonyl (C=O) groups excluding carboxylic acids is 1. The third kappa shape index (κ3) is 5.77. The first-order chi connectivity index (χ1) is 16.5. The van der Waals surface area contributed by atoms with Crippen LogP contribution in [0.3, 0.4) is 0 Å². The summed E-state index contributed by atoms with van der Waals surface area (Å²) in [5.41, 5.74) is 5.35. The van der Waals surface area contributed by atoms with Crippen LogP contribution < -0.4 is 5.32 Å². The van der Waals surface area contributed by atoms with Gasteiger partial charge >= 0.3 is 0 Å². The first kappa shape index (κ1) is 23.4. The number of hydrogen-bond acceptors (Lipinski definition) is 2. The zero-order valence-electron chi connectivity index (χ0n) is 19.5. The van der Waals surface area contributed by atoms with E-state index in [9.17, 15) is 9.18 Å². The molecule has 0 aliphatic rings. The van der Waals surface area contributed by atoms with Gasteiger partial charge in [0.1, 0.15) is 5.82 Å². The number of carbonyl (C=O) groups is 1. The predicted octanol–water partition coefficient (Wildman–Crippen LogP) is 6.39. The van der Waals surface area contributed by atoms with Gasteiger partial charge < -0.3 is 5.32 Å². The molecule has 3 nitrogen and oxygen atoms in total. The second-order valence-corrected chi connectivity index (χ2v) is 8.56. The lowest BCUT2D eigenvalue weighted by atomic mass is 9.97. The summed E-state index contributed by atoms with van der Waals surface area (Å²) >= 11 is 0. The molecule has 4 heteroatoms. The average molecular weight is 453 g/mol. The summed E-state index contributed by atoms with van der Waals surface area (Å²) in [6.45, 7) is 2.20. The minimum absolute atomic E-state index is 0.0646. The maximum atomic E-state index is 13.5. The third-order valence-electron chi connectivity index (χ3n) is 6.03. The summed E-state index contributed by atoms with van der Waals surface area (Å²) < 4.78 is 13.5. The molecule has 34 heavy (non-hydrogen) atoms. The molecule has 1 N–H and O–H groups in total. The van der Waals surface area contributed by atoms with Crippen LogP contribution in [-0.4, -0.2) is 24.4 Å². The van der Waals surface area contributed by atoms with Crippen molar-refractivity contribution in [2.24, 2.45) is 0 Å². The van der Waals surface area contributed by atoms with E-state index in [1.165, 1.54) is 17.7 Å². The van der Waals surface area contributed by atoms with Gasteiger partial charge in [0.2, 0.25) is 5.91 Å². The van der Waals surface area contributed by atoms with Crippen LogP contribution in [0, 0.1) is 5.82 Å². The SMILES string of the molecule is CC(NC(=O)CN(C)C(c1ccccc1)c1ccc(F)cc1)c1ccc(-c2ccccc2)cc1. The highest BCUT2D eigenvalue weighted by Gasteiger charge is 2.22. The third-order valence-corrected chi connectivity index (χ3v) is 6.03. The van der Waals surface area contributed by atoms with Crippen LogP contribution in [-0.2, 0) is 4.79 Å². The molecular formula is C30H29FN2O. The van der Waals surface area contributed by atoms with Gasteiger partial charge in [-0.3, -0.25) is 9.69 Å². The summed E-state index contributed by atoms with van der Waals surface area (Å²) in [5, 5.41) is 3.11. The van der Waals surface area contributed by atoms with E-state index in [2.05, 4.69) is 41.7 Å². The first-order valence-corrected chi connectivity index (χ1v) is 11.5. The van der Waals surface area contributed by atoms with E-state index in [0.717, 1.165) is 22.3 Å². The van der Waals surface area contributed by atoms with Crippen LogP contribution in [0.4, 0.5) is 4.39 Å². The van der Waals surface area contributed by atoms with Crippen molar-refractivity contribution in [2.45, 2.75) is 19.0 Å². The smallest absolute Gasteiger partial charge is 0.234 e. The first-order valence-electron chi connectivity index (χ1n) is 11.5. The zero-order valence-corrected chi connectivity index (χ0v) is 19.5. The lowest BCUT2D eigenvalue weighted by Crippen LogP contribution is -2.38. The topological polar surface area (TPSA) is 32.3 Å². The van der Waals surface area contributed by atoms with Crippen molar-refractivity contribution in [2.75, 3.05) is 13.6 Å². The van der Waals surface area contributed by atoms with E-state index in [1.807, 2.05) is 67.4 Å². The molecule has 0 aliphatic carbocycles. The molecule has 172 valence electrons. The van der Waals surface area contributed by atoms with E-state index < -0.39 is 0 Å². The van der Waals surface area contributed by atoms with Crippen molar-refractivity contribution in [3.8, 4) is 11.1 Å².